The molecular formula is C22H20F3NO3S. The lowest BCUT2D eigenvalue weighted by Gasteiger charge is -2.23. The molecule has 0 fully saturated rings. The number of hydrogen-bond acceptors (Lipinski definition) is 3. The molecule has 3 aromatic carbocycles. The highest BCUT2D eigenvalue weighted by atomic mass is 32.2. The van der Waals surface area contributed by atoms with Crippen LogP contribution in [0, 0.1) is 0 Å². The number of nitrogens with zero attached hydrogens (tertiary/aromatic N) is 1. The third-order valence-electron chi connectivity index (χ3n) is 4.41. The first kappa shape index (κ1) is 21.7. The van der Waals surface area contributed by atoms with Crippen LogP contribution in [0.5, 0.6) is 5.75 Å². The van der Waals surface area contributed by atoms with Crippen LogP contribution in [0.15, 0.2) is 83.8 Å². The molecule has 0 atom stereocenters. The molecule has 0 radical (unpaired) electrons. The second-order valence-electron chi connectivity index (χ2n) is 6.46. The van der Waals surface area contributed by atoms with Crippen molar-refractivity contribution in [2.75, 3.05) is 10.8 Å². The van der Waals surface area contributed by atoms with E-state index in [2.05, 4.69) is 0 Å². The third-order valence-corrected chi connectivity index (χ3v) is 6.31. The lowest BCUT2D eigenvalue weighted by atomic mass is 10.2. The minimum absolute atomic E-state index is 0.0583. The average molecular weight is 435 g/mol. The fourth-order valence-electron chi connectivity index (χ4n) is 2.90. The highest BCUT2D eigenvalue weighted by molar-refractivity contribution is 7.92. The molecule has 8 heteroatoms. The zero-order valence-corrected chi connectivity index (χ0v) is 17.0. The monoisotopic (exact) mass is 435 g/mol. The van der Waals surface area contributed by atoms with Gasteiger partial charge in [0.2, 0.25) is 0 Å². The van der Waals surface area contributed by atoms with Crippen LogP contribution >= 0.6 is 0 Å². The standard InChI is InChI=1S/C22H20F3NO3S/c1-2-26(30(27,28)21-10-6-9-18(15-21)22(23,24)25)19-11-13-20(14-12-19)29-16-17-7-4-3-5-8-17/h3-15H,2,16H2,1H3. The maximum absolute atomic E-state index is 13.0. The number of sulfonamides is 1. The van der Waals surface area contributed by atoms with Crippen molar-refractivity contribution in [3.8, 4) is 5.75 Å². The average Bonchev–Trinajstić information content (AvgIpc) is 2.74. The molecule has 0 unspecified atom stereocenters. The smallest absolute Gasteiger partial charge is 0.416 e. The highest BCUT2D eigenvalue weighted by Crippen LogP contribution is 2.32. The Morgan fingerprint density at radius 1 is 0.900 bits per heavy atom. The number of halogens is 3. The summed E-state index contributed by atoms with van der Waals surface area (Å²) in [6.07, 6.45) is -4.62. The van der Waals surface area contributed by atoms with E-state index in [1.807, 2.05) is 30.3 Å². The van der Waals surface area contributed by atoms with Crippen molar-refractivity contribution in [3.63, 3.8) is 0 Å². The summed E-state index contributed by atoms with van der Waals surface area (Å²) in [6.45, 7) is 2.04. The van der Waals surface area contributed by atoms with Gasteiger partial charge in [0.25, 0.3) is 10.0 Å². The molecule has 0 N–H and O–H groups in total. The summed E-state index contributed by atoms with van der Waals surface area (Å²) in [5.74, 6) is 0.551. The minimum Gasteiger partial charge on any atom is -0.489 e. The van der Waals surface area contributed by atoms with Gasteiger partial charge < -0.3 is 4.74 Å². The van der Waals surface area contributed by atoms with Crippen LogP contribution in [0.2, 0.25) is 0 Å². The van der Waals surface area contributed by atoms with Crippen LogP contribution in [0.4, 0.5) is 18.9 Å². The second-order valence-corrected chi connectivity index (χ2v) is 8.33. The first-order valence-electron chi connectivity index (χ1n) is 9.18. The van der Waals surface area contributed by atoms with Gasteiger partial charge >= 0.3 is 6.18 Å². The zero-order valence-electron chi connectivity index (χ0n) is 16.1. The van der Waals surface area contributed by atoms with Crippen molar-refractivity contribution in [3.05, 3.63) is 90.0 Å². The van der Waals surface area contributed by atoms with Crippen molar-refractivity contribution in [2.24, 2.45) is 0 Å². The van der Waals surface area contributed by atoms with Crippen LogP contribution < -0.4 is 9.04 Å². The Morgan fingerprint density at radius 2 is 1.57 bits per heavy atom. The number of hydrogen-bond donors (Lipinski definition) is 0. The quantitative estimate of drug-likeness (QED) is 0.492. The van der Waals surface area contributed by atoms with Crippen LogP contribution in [-0.2, 0) is 22.8 Å². The largest absolute Gasteiger partial charge is 0.489 e. The Bertz CT molecular complexity index is 1080. The number of alkyl halides is 3. The number of rotatable bonds is 7. The third kappa shape index (κ3) is 4.94. The molecule has 0 spiro atoms. The topological polar surface area (TPSA) is 46.6 Å². The Labute approximate surface area is 173 Å². The van der Waals surface area contributed by atoms with E-state index >= 15 is 0 Å². The molecule has 0 aliphatic heterocycles. The van der Waals surface area contributed by atoms with Crippen LogP contribution in [0.1, 0.15) is 18.1 Å². The molecule has 158 valence electrons. The number of ether oxygens (including phenoxy) is 1. The number of benzene rings is 3. The van der Waals surface area contributed by atoms with E-state index in [-0.39, 0.29) is 6.54 Å². The molecule has 0 saturated carbocycles. The van der Waals surface area contributed by atoms with Crippen LogP contribution in [-0.4, -0.2) is 15.0 Å². The first-order chi connectivity index (χ1) is 14.2. The highest BCUT2D eigenvalue weighted by Gasteiger charge is 2.32. The van der Waals surface area contributed by atoms with E-state index in [9.17, 15) is 21.6 Å². The first-order valence-corrected chi connectivity index (χ1v) is 10.6. The Balaban J connectivity index is 1.81. The van der Waals surface area contributed by atoms with Gasteiger partial charge in [-0.25, -0.2) is 8.42 Å². The van der Waals surface area contributed by atoms with Gasteiger partial charge in [-0.1, -0.05) is 36.4 Å². The Hall–Kier alpha value is -3.00. The molecule has 3 aromatic rings. The van der Waals surface area contributed by atoms with E-state index < -0.39 is 26.7 Å². The summed E-state index contributed by atoms with van der Waals surface area (Å²) in [6, 6.07) is 19.7. The van der Waals surface area contributed by atoms with Gasteiger partial charge in [-0.3, -0.25) is 4.31 Å². The van der Waals surface area contributed by atoms with E-state index in [1.165, 1.54) is 0 Å². The predicted molar refractivity (Wildman–Crippen MR) is 109 cm³/mol. The molecule has 0 saturated heterocycles. The fourth-order valence-corrected chi connectivity index (χ4v) is 4.42. The predicted octanol–water partition coefficient (Wildman–Crippen LogP) is 5.50. The maximum Gasteiger partial charge on any atom is 0.416 e. The van der Waals surface area contributed by atoms with E-state index in [1.54, 1.807) is 31.2 Å². The molecular weight excluding hydrogens is 415 g/mol. The number of anilines is 1. The molecule has 0 bridgehead atoms. The summed E-state index contributed by atoms with van der Waals surface area (Å²) in [5, 5.41) is 0. The lowest BCUT2D eigenvalue weighted by molar-refractivity contribution is -0.137. The van der Waals surface area contributed by atoms with Gasteiger partial charge in [0.15, 0.2) is 0 Å². The van der Waals surface area contributed by atoms with E-state index in [0.29, 0.717) is 24.1 Å². The molecule has 0 amide bonds. The Morgan fingerprint density at radius 3 is 2.17 bits per heavy atom. The van der Waals surface area contributed by atoms with Gasteiger partial charge in [0.05, 0.1) is 16.1 Å². The lowest BCUT2D eigenvalue weighted by Crippen LogP contribution is -2.31. The summed E-state index contributed by atoms with van der Waals surface area (Å²) in [5.41, 5.74) is 0.315. The molecule has 0 aromatic heterocycles. The van der Waals surface area contributed by atoms with Gasteiger partial charge in [0, 0.05) is 6.54 Å². The maximum atomic E-state index is 13.0. The Kier molecular flexibility index (Phi) is 6.36. The molecule has 30 heavy (non-hydrogen) atoms. The van der Waals surface area contributed by atoms with Crippen LogP contribution in [0.25, 0.3) is 0 Å². The molecule has 0 aliphatic rings. The molecule has 3 rings (SSSR count). The zero-order chi connectivity index (χ0) is 21.8. The summed E-state index contributed by atoms with van der Waals surface area (Å²) in [4.78, 5) is -0.413. The van der Waals surface area contributed by atoms with Gasteiger partial charge in [-0.2, -0.15) is 13.2 Å². The molecule has 0 heterocycles. The van der Waals surface area contributed by atoms with Crippen LogP contribution in [0.3, 0.4) is 0 Å². The normalized spacial score (nSPS) is 11.9. The summed E-state index contributed by atoms with van der Waals surface area (Å²) >= 11 is 0. The summed E-state index contributed by atoms with van der Waals surface area (Å²) in [7, 11) is -4.16. The second kappa shape index (κ2) is 8.79. The SMILES string of the molecule is CCN(c1ccc(OCc2ccccc2)cc1)S(=O)(=O)c1cccc(C(F)(F)F)c1. The molecule has 4 nitrogen and oxygen atoms in total. The summed E-state index contributed by atoms with van der Waals surface area (Å²) < 4.78 is 71.6. The van der Waals surface area contributed by atoms with Gasteiger partial charge in [-0.05, 0) is 55.0 Å². The van der Waals surface area contributed by atoms with Gasteiger partial charge in [-0.15, -0.1) is 0 Å². The minimum atomic E-state index is -4.62. The van der Waals surface area contributed by atoms with E-state index in [4.69, 9.17) is 4.74 Å². The van der Waals surface area contributed by atoms with Crippen molar-refractivity contribution in [1.29, 1.82) is 0 Å². The van der Waals surface area contributed by atoms with Crippen molar-refractivity contribution in [1.82, 2.24) is 0 Å². The van der Waals surface area contributed by atoms with E-state index in [0.717, 1.165) is 28.1 Å². The van der Waals surface area contributed by atoms with Crippen molar-refractivity contribution in [2.45, 2.75) is 24.6 Å². The fraction of sp³-hybridized carbons (Fsp3) is 0.182. The van der Waals surface area contributed by atoms with Crippen molar-refractivity contribution < 1.29 is 26.3 Å². The van der Waals surface area contributed by atoms with Crippen molar-refractivity contribution >= 4 is 15.7 Å². The van der Waals surface area contributed by atoms with Gasteiger partial charge in [0.1, 0.15) is 12.4 Å². The molecule has 0 aliphatic carbocycles.